The molecule has 0 aliphatic carbocycles. The molecule has 38 heavy (non-hydrogen) atoms. The number of rotatable bonds is 8. The maximum Gasteiger partial charge on any atom is 0.213 e. The first-order valence-corrected chi connectivity index (χ1v) is 13.9. The molecule has 2 N–H and O–H groups in total. The van der Waals surface area contributed by atoms with Gasteiger partial charge in [0.1, 0.15) is 18.7 Å². The average Bonchev–Trinajstić information content (AvgIpc) is 2.97. The minimum Gasteiger partial charge on any atom is -0.392 e. The average molecular weight is 507 g/mol. The molecule has 4 heteroatoms. The molecule has 3 aliphatic rings. The van der Waals surface area contributed by atoms with E-state index in [0.29, 0.717) is 11.8 Å². The fourth-order valence-electron chi connectivity index (χ4n) is 7.21. The summed E-state index contributed by atoms with van der Waals surface area (Å²) in [4.78, 5) is 0. The van der Waals surface area contributed by atoms with Gasteiger partial charge >= 0.3 is 0 Å². The Hall–Kier alpha value is -3.31. The topological polar surface area (TPSA) is 44.3 Å². The molecule has 4 nitrogen and oxygen atoms in total. The third-order valence-corrected chi connectivity index (χ3v) is 9.19. The van der Waals surface area contributed by atoms with Crippen LogP contribution in [-0.2, 0) is 19.7 Å². The first-order valence-electron chi connectivity index (χ1n) is 13.9. The Morgan fingerprint density at radius 2 is 1.68 bits per heavy atom. The van der Waals surface area contributed by atoms with Crippen molar-refractivity contribution in [1.29, 1.82) is 0 Å². The summed E-state index contributed by atoms with van der Waals surface area (Å²) in [6.45, 7) is 7.99. The lowest BCUT2D eigenvalue weighted by Crippen LogP contribution is -2.67. The van der Waals surface area contributed by atoms with Crippen molar-refractivity contribution in [3.63, 3.8) is 0 Å². The van der Waals surface area contributed by atoms with Gasteiger partial charge in [-0.3, -0.25) is 0 Å². The zero-order valence-corrected chi connectivity index (χ0v) is 22.0. The van der Waals surface area contributed by atoms with Crippen LogP contribution in [0.1, 0.15) is 41.2 Å². The van der Waals surface area contributed by atoms with E-state index in [-0.39, 0.29) is 12.6 Å². The molecule has 4 heterocycles. The normalized spacial score (nSPS) is 25.4. The third-order valence-electron chi connectivity index (χ3n) is 9.19. The van der Waals surface area contributed by atoms with Gasteiger partial charge in [0.15, 0.2) is 12.7 Å². The molecule has 0 saturated carbocycles. The molecule has 1 aromatic heterocycles. The number of aliphatic hydroxyl groups is 2. The van der Waals surface area contributed by atoms with Gasteiger partial charge in [0.05, 0.1) is 25.1 Å². The molecule has 7 rings (SSSR count). The second kappa shape index (κ2) is 10.5. The van der Waals surface area contributed by atoms with Gasteiger partial charge in [-0.2, -0.15) is 4.57 Å². The Morgan fingerprint density at radius 1 is 0.947 bits per heavy atom. The molecular weight excluding hydrogens is 468 g/mol. The number of hydrogen-bond acceptors (Lipinski definition) is 2. The van der Waals surface area contributed by atoms with Crippen molar-refractivity contribution in [3.8, 4) is 0 Å². The summed E-state index contributed by atoms with van der Waals surface area (Å²) in [7, 11) is 0. The Labute approximate surface area is 225 Å². The standard InChI is InChI=1S/C34H38N2O2/c1-2-28-23-36(22-26-11-7-4-8-12-26)18-16-29(28)20-33(36)34(38)31-15-17-35(21-25-9-5-3-6-10-25)32-19-27(24-37)13-14-30(31)32/h2-15,17,19,28-29,33-34,37-38H,1,16,18,20-24H2/q+2. The van der Waals surface area contributed by atoms with Gasteiger partial charge in [0.25, 0.3) is 0 Å². The van der Waals surface area contributed by atoms with Crippen LogP contribution in [0.25, 0.3) is 10.9 Å². The summed E-state index contributed by atoms with van der Waals surface area (Å²) < 4.78 is 3.14. The van der Waals surface area contributed by atoms with Crippen molar-refractivity contribution in [2.75, 3.05) is 13.1 Å². The van der Waals surface area contributed by atoms with E-state index in [2.05, 4.69) is 96.2 Å². The highest BCUT2D eigenvalue weighted by molar-refractivity contribution is 5.80. The first kappa shape index (κ1) is 25.0. The first-order chi connectivity index (χ1) is 18.6. The van der Waals surface area contributed by atoms with Crippen molar-refractivity contribution >= 4 is 10.9 Å². The van der Waals surface area contributed by atoms with E-state index in [1.165, 1.54) is 17.5 Å². The minimum atomic E-state index is -0.568. The van der Waals surface area contributed by atoms with Crippen LogP contribution in [0.5, 0.6) is 0 Å². The lowest BCUT2D eigenvalue weighted by atomic mass is 9.71. The minimum absolute atomic E-state index is 0.00161. The molecule has 2 bridgehead atoms. The highest BCUT2D eigenvalue weighted by Gasteiger charge is 2.54. The predicted octanol–water partition coefficient (Wildman–Crippen LogP) is 5.31. The number of quaternary nitrogens is 1. The Kier molecular flexibility index (Phi) is 6.87. The van der Waals surface area contributed by atoms with E-state index < -0.39 is 6.10 Å². The van der Waals surface area contributed by atoms with Crippen LogP contribution >= 0.6 is 0 Å². The molecule has 4 aromatic rings. The number of pyridine rings is 1. The SMILES string of the molecule is C=CC1C[N+]2(Cc3ccccc3)CCC1CC2C(O)c1cc[n+](Cc2ccccc2)c2cc(CO)ccc12. The summed E-state index contributed by atoms with van der Waals surface area (Å²) >= 11 is 0. The van der Waals surface area contributed by atoms with E-state index in [9.17, 15) is 10.2 Å². The molecular formula is C34H38N2O2+2. The van der Waals surface area contributed by atoms with Crippen LogP contribution in [0.3, 0.4) is 0 Å². The fourth-order valence-corrected chi connectivity index (χ4v) is 7.21. The second-order valence-corrected chi connectivity index (χ2v) is 11.4. The third kappa shape index (κ3) is 4.58. The predicted molar refractivity (Wildman–Crippen MR) is 151 cm³/mol. The monoisotopic (exact) mass is 506 g/mol. The summed E-state index contributed by atoms with van der Waals surface area (Å²) in [6, 6.07) is 29.6. The van der Waals surface area contributed by atoms with Crippen molar-refractivity contribution in [3.05, 3.63) is 126 Å². The fraction of sp³-hybridized carbons (Fsp3) is 0.324. The molecule has 194 valence electrons. The maximum atomic E-state index is 12.2. The number of benzene rings is 3. The summed E-state index contributed by atoms with van der Waals surface area (Å²) in [5.74, 6) is 1.09. The summed E-state index contributed by atoms with van der Waals surface area (Å²) in [5, 5.41) is 23.1. The van der Waals surface area contributed by atoms with Crippen molar-refractivity contribution in [1.82, 2.24) is 0 Å². The van der Waals surface area contributed by atoms with Crippen molar-refractivity contribution < 1.29 is 19.3 Å². The van der Waals surface area contributed by atoms with E-state index in [1.807, 2.05) is 12.1 Å². The van der Waals surface area contributed by atoms with Crippen LogP contribution in [0.4, 0.5) is 0 Å². The number of nitrogens with zero attached hydrogens (tertiary/aromatic N) is 2. The van der Waals surface area contributed by atoms with Crippen LogP contribution in [0.15, 0.2) is 104 Å². The molecule has 3 aliphatic heterocycles. The number of hydrogen-bond donors (Lipinski definition) is 2. The van der Waals surface area contributed by atoms with Crippen LogP contribution < -0.4 is 4.57 Å². The molecule has 3 aromatic carbocycles. The van der Waals surface area contributed by atoms with Gasteiger partial charge in [-0.05, 0) is 17.5 Å². The van der Waals surface area contributed by atoms with Gasteiger partial charge in [0.2, 0.25) is 5.52 Å². The number of aliphatic hydroxyl groups excluding tert-OH is 2. The van der Waals surface area contributed by atoms with Crippen molar-refractivity contribution in [2.45, 2.75) is 44.7 Å². The molecule has 0 spiro atoms. The van der Waals surface area contributed by atoms with Crippen LogP contribution in [0, 0.1) is 11.8 Å². The molecule has 0 amide bonds. The number of aromatic nitrogens is 1. The molecule has 3 saturated heterocycles. The molecule has 5 unspecified atom stereocenters. The molecule has 3 fully saturated rings. The lowest BCUT2D eigenvalue weighted by Gasteiger charge is -2.58. The quantitative estimate of drug-likeness (QED) is 0.193. The van der Waals surface area contributed by atoms with E-state index in [0.717, 1.165) is 59.1 Å². The van der Waals surface area contributed by atoms with Crippen molar-refractivity contribution in [2.24, 2.45) is 11.8 Å². The maximum absolute atomic E-state index is 12.2. The molecule has 0 radical (unpaired) electrons. The number of fused-ring (bicyclic) bond motifs is 4. The van der Waals surface area contributed by atoms with E-state index in [4.69, 9.17) is 0 Å². The lowest BCUT2D eigenvalue weighted by molar-refractivity contribution is -0.984. The van der Waals surface area contributed by atoms with E-state index >= 15 is 0 Å². The van der Waals surface area contributed by atoms with Crippen LogP contribution in [0.2, 0.25) is 0 Å². The Bertz CT molecular complexity index is 1420. The van der Waals surface area contributed by atoms with Gasteiger partial charge in [-0.1, -0.05) is 72.8 Å². The second-order valence-electron chi connectivity index (χ2n) is 11.4. The molecule has 5 atom stereocenters. The summed E-state index contributed by atoms with van der Waals surface area (Å²) in [6.07, 6.45) is 5.91. The van der Waals surface area contributed by atoms with Crippen LogP contribution in [-0.4, -0.2) is 33.8 Å². The zero-order valence-electron chi connectivity index (χ0n) is 22.0. The van der Waals surface area contributed by atoms with Gasteiger partial charge in [-0.25, -0.2) is 0 Å². The zero-order chi connectivity index (χ0) is 26.1. The smallest absolute Gasteiger partial charge is 0.213 e. The Morgan fingerprint density at radius 3 is 2.39 bits per heavy atom. The highest BCUT2D eigenvalue weighted by atomic mass is 16.3. The van der Waals surface area contributed by atoms with Gasteiger partial charge in [-0.15, -0.1) is 6.58 Å². The largest absolute Gasteiger partial charge is 0.392 e. The van der Waals surface area contributed by atoms with Gasteiger partial charge in [0, 0.05) is 47.6 Å². The Balaban J connectivity index is 1.41. The van der Waals surface area contributed by atoms with Gasteiger partial charge < -0.3 is 14.7 Å². The van der Waals surface area contributed by atoms with E-state index in [1.54, 1.807) is 0 Å². The summed E-state index contributed by atoms with van der Waals surface area (Å²) in [5.41, 5.74) is 5.48. The number of piperidine rings is 3. The highest BCUT2D eigenvalue weighted by Crippen LogP contribution is 2.48.